The molecule has 2 aromatic rings. The highest BCUT2D eigenvalue weighted by Gasteiger charge is 2.12. The molecule has 0 aliphatic rings. The van der Waals surface area contributed by atoms with Crippen LogP contribution in [0.15, 0.2) is 46.9 Å². The molecular weight excluding hydrogens is 323 g/mol. The Balaban J connectivity index is 1.98. The fraction of sp³-hybridized carbons (Fsp3) is 0.250. The maximum Gasteiger partial charge on any atom is 0.124 e. The third-order valence-corrected chi connectivity index (χ3v) is 3.87. The summed E-state index contributed by atoms with van der Waals surface area (Å²) in [6.45, 7) is 0. The van der Waals surface area contributed by atoms with E-state index in [9.17, 15) is 9.50 Å². The molecule has 0 bridgehead atoms. The van der Waals surface area contributed by atoms with Crippen LogP contribution in [0.1, 0.15) is 23.7 Å². The highest BCUT2D eigenvalue weighted by atomic mass is 79.9. The Morgan fingerprint density at radius 2 is 1.90 bits per heavy atom. The fourth-order valence-electron chi connectivity index (χ4n) is 2.02. The third-order valence-electron chi connectivity index (χ3n) is 3.19. The monoisotopic (exact) mass is 338 g/mol. The van der Waals surface area contributed by atoms with Gasteiger partial charge in [-0.05, 0) is 48.2 Å². The normalized spacial score (nSPS) is 12.2. The fourth-order valence-corrected chi connectivity index (χ4v) is 2.64. The molecule has 1 N–H and O–H groups in total. The first-order valence-corrected chi connectivity index (χ1v) is 7.15. The summed E-state index contributed by atoms with van der Waals surface area (Å²) >= 11 is 3.28. The third kappa shape index (κ3) is 3.81. The number of rotatable bonds is 5. The maximum atomic E-state index is 13.0. The van der Waals surface area contributed by atoms with Gasteiger partial charge in [0.05, 0.1) is 13.2 Å². The van der Waals surface area contributed by atoms with Crippen LogP contribution in [0.5, 0.6) is 5.75 Å². The first-order chi connectivity index (χ1) is 9.60. The molecule has 0 radical (unpaired) electrons. The van der Waals surface area contributed by atoms with E-state index < -0.39 is 6.10 Å². The van der Waals surface area contributed by atoms with Crippen LogP contribution >= 0.6 is 15.9 Å². The Morgan fingerprint density at radius 1 is 1.20 bits per heavy atom. The number of methoxy groups -OCH3 is 1. The average molecular weight is 339 g/mol. The van der Waals surface area contributed by atoms with Gasteiger partial charge in [-0.25, -0.2) is 4.39 Å². The van der Waals surface area contributed by atoms with Crippen molar-refractivity contribution in [2.75, 3.05) is 7.11 Å². The van der Waals surface area contributed by atoms with E-state index in [4.69, 9.17) is 4.74 Å². The van der Waals surface area contributed by atoms with E-state index in [2.05, 4.69) is 15.9 Å². The van der Waals surface area contributed by atoms with Gasteiger partial charge < -0.3 is 9.84 Å². The average Bonchev–Trinajstić information content (AvgIpc) is 2.45. The topological polar surface area (TPSA) is 29.5 Å². The van der Waals surface area contributed by atoms with Crippen molar-refractivity contribution < 1.29 is 14.2 Å². The van der Waals surface area contributed by atoms with Crippen LogP contribution in [0, 0.1) is 5.82 Å². The molecule has 1 atom stereocenters. The van der Waals surface area contributed by atoms with E-state index in [1.165, 1.54) is 12.1 Å². The van der Waals surface area contributed by atoms with Crippen LogP contribution < -0.4 is 4.74 Å². The highest BCUT2D eigenvalue weighted by Crippen LogP contribution is 2.27. The van der Waals surface area contributed by atoms with Crippen molar-refractivity contribution >= 4 is 15.9 Å². The van der Waals surface area contributed by atoms with E-state index in [0.29, 0.717) is 16.5 Å². The van der Waals surface area contributed by atoms with E-state index in [1.54, 1.807) is 13.2 Å². The first-order valence-electron chi connectivity index (χ1n) is 6.36. The summed E-state index contributed by atoms with van der Waals surface area (Å²) in [5.41, 5.74) is 1.84. The van der Waals surface area contributed by atoms with Crippen molar-refractivity contribution in [1.82, 2.24) is 0 Å². The van der Waals surface area contributed by atoms with Crippen molar-refractivity contribution in [2.24, 2.45) is 0 Å². The molecule has 4 heteroatoms. The lowest BCUT2D eigenvalue weighted by Gasteiger charge is -2.13. The largest absolute Gasteiger partial charge is 0.497 e. The standard InChI is InChI=1S/C16H16BrFO2/c1-20-13-6-2-11(3-7-13)4-9-16(19)14-8-5-12(18)10-15(14)17/h2-3,5-8,10,16,19H,4,9H2,1H3. The minimum Gasteiger partial charge on any atom is -0.497 e. The summed E-state index contributed by atoms with van der Waals surface area (Å²) in [6, 6.07) is 12.1. The van der Waals surface area contributed by atoms with Crippen molar-refractivity contribution in [3.63, 3.8) is 0 Å². The molecule has 106 valence electrons. The number of aryl methyl sites for hydroxylation is 1. The van der Waals surface area contributed by atoms with Crippen molar-refractivity contribution in [3.8, 4) is 5.75 Å². The zero-order valence-electron chi connectivity index (χ0n) is 11.1. The van der Waals surface area contributed by atoms with Gasteiger partial charge in [-0.3, -0.25) is 0 Å². The first kappa shape index (κ1) is 15.0. The molecule has 0 aliphatic carbocycles. The lowest BCUT2D eigenvalue weighted by atomic mass is 10.0. The Bertz CT molecular complexity index is 569. The molecule has 1 unspecified atom stereocenters. The Hall–Kier alpha value is -1.39. The predicted molar refractivity (Wildman–Crippen MR) is 80.4 cm³/mol. The summed E-state index contributed by atoms with van der Waals surface area (Å²) in [7, 11) is 1.63. The second kappa shape index (κ2) is 6.86. The molecule has 2 rings (SSSR count). The van der Waals surface area contributed by atoms with Gasteiger partial charge in [0, 0.05) is 4.47 Å². The summed E-state index contributed by atoms with van der Waals surface area (Å²) in [4.78, 5) is 0. The summed E-state index contributed by atoms with van der Waals surface area (Å²) in [5, 5.41) is 10.2. The number of aliphatic hydroxyl groups is 1. The molecule has 0 fully saturated rings. The van der Waals surface area contributed by atoms with Gasteiger partial charge in [0.2, 0.25) is 0 Å². The Morgan fingerprint density at radius 3 is 2.50 bits per heavy atom. The zero-order chi connectivity index (χ0) is 14.5. The number of benzene rings is 2. The number of ether oxygens (including phenoxy) is 1. The predicted octanol–water partition coefficient (Wildman–Crippen LogP) is 4.26. The van der Waals surface area contributed by atoms with E-state index in [0.717, 1.165) is 17.7 Å². The lowest BCUT2D eigenvalue weighted by Crippen LogP contribution is -2.01. The van der Waals surface area contributed by atoms with Crippen molar-refractivity contribution in [3.05, 3.63) is 63.9 Å². The quantitative estimate of drug-likeness (QED) is 0.882. The van der Waals surface area contributed by atoms with Gasteiger partial charge in [0.1, 0.15) is 11.6 Å². The minimum atomic E-state index is -0.618. The zero-order valence-corrected chi connectivity index (χ0v) is 12.7. The van der Waals surface area contributed by atoms with Crippen LogP contribution in [0.2, 0.25) is 0 Å². The van der Waals surface area contributed by atoms with Gasteiger partial charge in [0.25, 0.3) is 0 Å². The van der Waals surface area contributed by atoms with Crippen LogP contribution in [-0.2, 0) is 6.42 Å². The number of hydrogen-bond acceptors (Lipinski definition) is 2. The molecule has 0 aliphatic heterocycles. The van der Waals surface area contributed by atoms with E-state index in [1.807, 2.05) is 24.3 Å². The smallest absolute Gasteiger partial charge is 0.124 e. The second-order valence-corrected chi connectivity index (χ2v) is 5.42. The molecule has 20 heavy (non-hydrogen) atoms. The van der Waals surface area contributed by atoms with E-state index in [-0.39, 0.29) is 5.82 Å². The molecule has 2 aromatic carbocycles. The lowest BCUT2D eigenvalue weighted by molar-refractivity contribution is 0.167. The molecule has 0 amide bonds. The van der Waals surface area contributed by atoms with Gasteiger partial charge >= 0.3 is 0 Å². The van der Waals surface area contributed by atoms with Gasteiger partial charge in [0.15, 0.2) is 0 Å². The number of halogens is 2. The number of hydrogen-bond donors (Lipinski definition) is 1. The molecule has 0 saturated heterocycles. The van der Waals surface area contributed by atoms with Crippen LogP contribution in [0.4, 0.5) is 4.39 Å². The van der Waals surface area contributed by atoms with Crippen LogP contribution in [-0.4, -0.2) is 12.2 Å². The maximum absolute atomic E-state index is 13.0. The van der Waals surface area contributed by atoms with Gasteiger partial charge in [-0.15, -0.1) is 0 Å². The molecular formula is C16H16BrFO2. The Labute approximate surface area is 126 Å². The minimum absolute atomic E-state index is 0.317. The highest BCUT2D eigenvalue weighted by molar-refractivity contribution is 9.10. The summed E-state index contributed by atoms with van der Waals surface area (Å²) in [5.74, 6) is 0.499. The SMILES string of the molecule is COc1ccc(CCC(O)c2ccc(F)cc2Br)cc1. The van der Waals surface area contributed by atoms with Crippen molar-refractivity contribution in [2.45, 2.75) is 18.9 Å². The van der Waals surface area contributed by atoms with Gasteiger partial charge in [-0.2, -0.15) is 0 Å². The molecule has 0 aromatic heterocycles. The molecule has 0 spiro atoms. The van der Waals surface area contributed by atoms with Crippen LogP contribution in [0.3, 0.4) is 0 Å². The second-order valence-electron chi connectivity index (χ2n) is 4.57. The molecule has 0 saturated carbocycles. The molecule has 0 heterocycles. The number of aliphatic hydroxyl groups excluding tert-OH is 1. The Kier molecular flexibility index (Phi) is 5.15. The van der Waals surface area contributed by atoms with E-state index >= 15 is 0 Å². The summed E-state index contributed by atoms with van der Waals surface area (Å²) in [6.07, 6.45) is 0.706. The van der Waals surface area contributed by atoms with Crippen molar-refractivity contribution in [1.29, 1.82) is 0 Å². The molecule has 2 nitrogen and oxygen atoms in total. The summed E-state index contributed by atoms with van der Waals surface area (Å²) < 4.78 is 18.7. The van der Waals surface area contributed by atoms with Crippen LogP contribution in [0.25, 0.3) is 0 Å². The van der Waals surface area contributed by atoms with Gasteiger partial charge in [-0.1, -0.05) is 34.1 Å².